The van der Waals surface area contributed by atoms with Crippen molar-refractivity contribution in [3.8, 4) is 11.8 Å². The number of ether oxygens (including phenoxy) is 1. The van der Waals surface area contributed by atoms with Crippen molar-refractivity contribution in [3.05, 3.63) is 59.7 Å². The highest BCUT2D eigenvalue weighted by Gasteiger charge is 2.28. The van der Waals surface area contributed by atoms with Crippen molar-refractivity contribution in [2.75, 3.05) is 24.6 Å². The highest BCUT2D eigenvalue weighted by Crippen LogP contribution is 2.34. The van der Waals surface area contributed by atoms with Gasteiger partial charge in [0, 0.05) is 31.1 Å². The van der Waals surface area contributed by atoms with Crippen LogP contribution in [-0.2, 0) is 4.79 Å². The number of hydrogen-bond acceptors (Lipinski definition) is 4. The molecule has 4 rings (SSSR count). The Morgan fingerprint density at radius 1 is 1.10 bits per heavy atom. The minimum absolute atomic E-state index is 0.0210. The first-order valence-electron chi connectivity index (χ1n) is 11.0. The quantitative estimate of drug-likeness (QED) is 0.571. The third-order valence-corrected chi connectivity index (χ3v) is 6.43. The second kappa shape index (κ2) is 8.92. The van der Waals surface area contributed by atoms with Gasteiger partial charge in [0.2, 0.25) is 0 Å². The summed E-state index contributed by atoms with van der Waals surface area (Å²) in [6, 6.07) is 19.2. The molecule has 4 heteroatoms. The zero-order valence-corrected chi connectivity index (χ0v) is 17.9. The van der Waals surface area contributed by atoms with Gasteiger partial charge in [-0.1, -0.05) is 31.2 Å². The lowest BCUT2D eigenvalue weighted by atomic mass is 9.87. The fourth-order valence-electron chi connectivity index (χ4n) is 3.92. The van der Waals surface area contributed by atoms with Gasteiger partial charge in [0.25, 0.3) is 0 Å². The Labute approximate surface area is 179 Å². The SMILES string of the molecule is CC(C#N)C(=O)C[C@@H](C)c1ccc(C2CN(c3ccc(OCC4CC4)cc3)C2)cc1. The Bertz CT molecular complexity index is 904. The molecular weight excluding hydrogens is 372 g/mol. The van der Waals surface area contributed by atoms with Crippen LogP contribution in [0.4, 0.5) is 5.69 Å². The number of carbonyl (C=O) groups excluding carboxylic acids is 1. The second-order valence-corrected chi connectivity index (χ2v) is 8.94. The average Bonchev–Trinajstić information content (AvgIpc) is 3.56. The molecule has 1 aliphatic heterocycles. The Kier molecular flexibility index (Phi) is 6.08. The van der Waals surface area contributed by atoms with Gasteiger partial charge in [0.15, 0.2) is 0 Å². The molecule has 2 aliphatic rings. The molecule has 1 saturated heterocycles. The number of nitrogens with zero attached hydrogens (tertiary/aromatic N) is 2. The van der Waals surface area contributed by atoms with Crippen LogP contribution < -0.4 is 9.64 Å². The summed E-state index contributed by atoms with van der Waals surface area (Å²) < 4.78 is 5.83. The maximum atomic E-state index is 12.0. The van der Waals surface area contributed by atoms with Gasteiger partial charge < -0.3 is 9.64 Å². The van der Waals surface area contributed by atoms with E-state index in [1.165, 1.54) is 24.1 Å². The Morgan fingerprint density at radius 2 is 1.77 bits per heavy atom. The molecule has 0 spiro atoms. The fourth-order valence-corrected chi connectivity index (χ4v) is 3.92. The van der Waals surface area contributed by atoms with Crippen molar-refractivity contribution < 1.29 is 9.53 Å². The van der Waals surface area contributed by atoms with Crippen LogP contribution >= 0.6 is 0 Å². The van der Waals surface area contributed by atoms with E-state index in [9.17, 15) is 4.79 Å². The van der Waals surface area contributed by atoms with Crippen molar-refractivity contribution in [1.29, 1.82) is 5.26 Å². The molecule has 156 valence electrons. The smallest absolute Gasteiger partial charge is 0.150 e. The monoisotopic (exact) mass is 402 g/mol. The van der Waals surface area contributed by atoms with Crippen molar-refractivity contribution >= 4 is 11.5 Å². The van der Waals surface area contributed by atoms with E-state index >= 15 is 0 Å². The molecule has 1 aliphatic carbocycles. The largest absolute Gasteiger partial charge is 0.493 e. The summed E-state index contributed by atoms with van der Waals surface area (Å²) in [5.41, 5.74) is 3.76. The van der Waals surface area contributed by atoms with Crippen LogP contribution in [0.15, 0.2) is 48.5 Å². The predicted molar refractivity (Wildman–Crippen MR) is 119 cm³/mol. The first-order chi connectivity index (χ1) is 14.5. The van der Waals surface area contributed by atoms with Gasteiger partial charge in [-0.05, 0) is 67.0 Å². The molecule has 2 aromatic carbocycles. The Balaban J connectivity index is 1.27. The molecule has 1 heterocycles. The summed E-state index contributed by atoms with van der Waals surface area (Å²) in [5, 5.41) is 8.90. The predicted octanol–water partition coefficient (Wildman–Crippen LogP) is 5.30. The molecule has 4 nitrogen and oxygen atoms in total. The topological polar surface area (TPSA) is 53.3 Å². The minimum Gasteiger partial charge on any atom is -0.493 e. The lowest BCUT2D eigenvalue weighted by Crippen LogP contribution is -2.45. The first-order valence-corrected chi connectivity index (χ1v) is 11.0. The van der Waals surface area contributed by atoms with Crippen LogP contribution in [0, 0.1) is 23.2 Å². The molecule has 0 N–H and O–H groups in total. The zero-order chi connectivity index (χ0) is 21.1. The van der Waals surface area contributed by atoms with Gasteiger partial charge in [-0.15, -0.1) is 0 Å². The highest BCUT2D eigenvalue weighted by molar-refractivity contribution is 5.83. The normalized spacial score (nSPS) is 18.2. The summed E-state index contributed by atoms with van der Waals surface area (Å²) in [6.45, 7) is 6.63. The molecule has 2 fully saturated rings. The second-order valence-electron chi connectivity index (χ2n) is 8.94. The molecule has 0 bridgehead atoms. The van der Waals surface area contributed by atoms with Gasteiger partial charge in [0.1, 0.15) is 17.5 Å². The van der Waals surface area contributed by atoms with E-state index in [2.05, 4.69) is 60.4 Å². The number of ketones is 1. The van der Waals surface area contributed by atoms with E-state index < -0.39 is 5.92 Å². The van der Waals surface area contributed by atoms with Gasteiger partial charge in [-0.25, -0.2) is 0 Å². The standard InChI is InChI=1S/C26H30N2O2/c1-18(13-26(29)19(2)14-27)21-5-7-22(8-6-21)23-15-28(16-23)24-9-11-25(12-10-24)30-17-20-3-4-20/h5-12,18-20,23H,3-4,13,15-17H2,1-2H3/t18-,19?/m1/s1. The number of benzene rings is 2. The first kappa shape index (κ1) is 20.5. The minimum atomic E-state index is -0.522. The molecule has 1 saturated carbocycles. The summed E-state index contributed by atoms with van der Waals surface area (Å²) in [5.74, 6) is 1.92. The Hall–Kier alpha value is -2.80. The van der Waals surface area contributed by atoms with Crippen LogP contribution in [0.5, 0.6) is 5.75 Å². The number of rotatable bonds is 9. The third kappa shape index (κ3) is 4.84. The summed E-state index contributed by atoms with van der Waals surface area (Å²) in [4.78, 5) is 14.4. The van der Waals surface area contributed by atoms with E-state index in [0.29, 0.717) is 12.3 Å². The van der Waals surface area contributed by atoms with Gasteiger partial charge >= 0.3 is 0 Å². The van der Waals surface area contributed by atoms with Crippen molar-refractivity contribution in [3.63, 3.8) is 0 Å². The number of nitriles is 1. The van der Waals surface area contributed by atoms with E-state index in [4.69, 9.17) is 10.00 Å². The lowest BCUT2D eigenvalue weighted by molar-refractivity contribution is -0.121. The lowest BCUT2D eigenvalue weighted by Gasteiger charge is -2.41. The fraction of sp³-hybridized carbons (Fsp3) is 0.462. The van der Waals surface area contributed by atoms with Gasteiger partial charge in [0.05, 0.1) is 12.7 Å². The highest BCUT2D eigenvalue weighted by atomic mass is 16.5. The molecule has 2 atom stereocenters. The molecule has 2 aromatic rings. The molecule has 30 heavy (non-hydrogen) atoms. The summed E-state index contributed by atoms with van der Waals surface area (Å²) in [6.07, 6.45) is 3.04. The maximum absolute atomic E-state index is 12.0. The van der Waals surface area contributed by atoms with E-state index in [1.807, 2.05) is 6.07 Å². The molecule has 0 radical (unpaired) electrons. The van der Waals surface area contributed by atoms with E-state index in [-0.39, 0.29) is 11.7 Å². The average molecular weight is 403 g/mol. The molecular formula is C26H30N2O2. The zero-order valence-electron chi connectivity index (χ0n) is 17.9. The van der Waals surface area contributed by atoms with Crippen molar-refractivity contribution in [2.24, 2.45) is 11.8 Å². The van der Waals surface area contributed by atoms with Crippen molar-refractivity contribution in [1.82, 2.24) is 0 Å². The van der Waals surface area contributed by atoms with Crippen molar-refractivity contribution in [2.45, 2.75) is 44.9 Å². The number of Topliss-reactive ketones (excluding diaryl/α,β-unsaturated/α-hetero) is 1. The molecule has 1 unspecified atom stereocenters. The maximum Gasteiger partial charge on any atom is 0.150 e. The van der Waals surface area contributed by atoms with Crippen LogP contribution in [0.2, 0.25) is 0 Å². The molecule has 0 aromatic heterocycles. The van der Waals surface area contributed by atoms with Crippen LogP contribution in [0.1, 0.15) is 56.1 Å². The third-order valence-electron chi connectivity index (χ3n) is 6.43. The summed E-state index contributed by atoms with van der Waals surface area (Å²) in [7, 11) is 0. The number of hydrogen-bond donors (Lipinski definition) is 0. The van der Waals surface area contributed by atoms with Crippen LogP contribution in [0.25, 0.3) is 0 Å². The van der Waals surface area contributed by atoms with Gasteiger partial charge in [-0.2, -0.15) is 5.26 Å². The molecule has 0 amide bonds. The number of anilines is 1. The Morgan fingerprint density at radius 3 is 2.37 bits per heavy atom. The van der Waals surface area contributed by atoms with Crippen LogP contribution in [-0.4, -0.2) is 25.5 Å². The van der Waals surface area contributed by atoms with E-state index in [0.717, 1.165) is 36.9 Å². The number of carbonyl (C=O) groups is 1. The van der Waals surface area contributed by atoms with Gasteiger partial charge in [-0.3, -0.25) is 4.79 Å². The van der Waals surface area contributed by atoms with E-state index in [1.54, 1.807) is 6.92 Å². The van der Waals surface area contributed by atoms with Crippen LogP contribution in [0.3, 0.4) is 0 Å². The summed E-state index contributed by atoms with van der Waals surface area (Å²) >= 11 is 0.